The summed E-state index contributed by atoms with van der Waals surface area (Å²) in [6.45, 7) is 4.53. The minimum absolute atomic E-state index is 0.00912. The Bertz CT molecular complexity index is 1030. The first-order valence-corrected chi connectivity index (χ1v) is 15.8. The number of rotatable bonds is 18. The fraction of sp³-hybridized carbons (Fsp3) is 0.500. The van der Waals surface area contributed by atoms with Crippen molar-refractivity contribution in [2.75, 3.05) is 24.3 Å². The highest BCUT2D eigenvalue weighted by Gasteiger charge is 2.31. The Morgan fingerprint density at radius 3 is 2.12 bits per heavy atom. The van der Waals surface area contributed by atoms with Gasteiger partial charge in [0.25, 0.3) is 0 Å². The highest BCUT2D eigenvalue weighted by Crippen LogP contribution is 2.12. The molecular weight excluding hydrogens is 544 g/mol. The van der Waals surface area contributed by atoms with Gasteiger partial charge in [0, 0.05) is 24.8 Å². The van der Waals surface area contributed by atoms with Crippen LogP contribution in [0.25, 0.3) is 0 Å². The Hall–Kier alpha value is -2.53. The number of ether oxygens (including phenoxy) is 1. The highest BCUT2D eigenvalue weighted by atomic mass is 32.2. The molecule has 0 aromatic heterocycles. The fourth-order valence-corrected chi connectivity index (χ4v) is 4.64. The van der Waals surface area contributed by atoms with Crippen molar-refractivity contribution in [3.8, 4) is 0 Å². The van der Waals surface area contributed by atoms with Crippen LogP contribution in [0, 0.1) is 5.92 Å². The largest absolute Gasteiger partial charge is 0.459 e. The van der Waals surface area contributed by atoms with Crippen LogP contribution in [0.5, 0.6) is 0 Å². The molecular formula is C30H44N4O4S2. The van der Waals surface area contributed by atoms with E-state index < -0.39 is 30.0 Å². The first-order chi connectivity index (χ1) is 19.3. The van der Waals surface area contributed by atoms with Gasteiger partial charge in [0.1, 0.15) is 18.7 Å². The van der Waals surface area contributed by atoms with E-state index in [2.05, 4.69) is 28.6 Å². The van der Waals surface area contributed by atoms with Gasteiger partial charge in [0.2, 0.25) is 11.8 Å². The maximum atomic E-state index is 13.6. The standard InChI is InChI=1S/C30H44N4O4S2/c1-4-21(2)27(32-18-24(31)20-39)29(36)34-26(17-22-11-7-5-8-12-22)28(35)33-25(15-16-40-3)30(37)38-19-23-13-9-6-10-14-23/h5-14,21,24-27,32,39H,4,15-20,31H2,1-3H3,(H,33,35)(H,34,36). The van der Waals surface area contributed by atoms with Gasteiger partial charge in [-0.3, -0.25) is 9.59 Å². The lowest BCUT2D eigenvalue weighted by Crippen LogP contribution is -2.58. The monoisotopic (exact) mass is 588 g/mol. The average molecular weight is 589 g/mol. The van der Waals surface area contributed by atoms with Gasteiger partial charge in [0.05, 0.1) is 6.04 Å². The van der Waals surface area contributed by atoms with Crippen molar-refractivity contribution in [3.63, 3.8) is 0 Å². The summed E-state index contributed by atoms with van der Waals surface area (Å²) in [7, 11) is 0. The van der Waals surface area contributed by atoms with Crippen LogP contribution in [-0.4, -0.2) is 66.3 Å². The zero-order chi connectivity index (χ0) is 29.3. The summed E-state index contributed by atoms with van der Waals surface area (Å²) >= 11 is 5.81. The maximum Gasteiger partial charge on any atom is 0.329 e. The number of nitrogens with two attached hydrogens (primary N) is 1. The van der Waals surface area contributed by atoms with Crippen molar-refractivity contribution in [2.45, 2.75) is 63.9 Å². The van der Waals surface area contributed by atoms with E-state index in [1.807, 2.05) is 80.8 Å². The molecule has 40 heavy (non-hydrogen) atoms. The lowest BCUT2D eigenvalue weighted by atomic mass is 9.97. The minimum atomic E-state index is -0.888. The van der Waals surface area contributed by atoms with Crippen LogP contribution in [0.2, 0.25) is 0 Å². The van der Waals surface area contributed by atoms with E-state index in [-0.39, 0.29) is 30.9 Å². The van der Waals surface area contributed by atoms with Crippen molar-refractivity contribution in [3.05, 3.63) is 71.8 Å². The Morgan fingerprint density at radius 1 is 0.950 bits per heavy atom. The normalized spacial score (nSPS) is 14.8. The van der Waals surface area contributed by atoms with Crippen LogP contribution in [0.1, 0.15) is 37.8 Å². The van der Waals surface area contributed by atoms with Crippen LogP contribution in [0.15, 0.2) is 60.7 Å². The molecule has 5 unspecified atom stereocenters. The van der Waals surface area contributed by atoms with Crippen LogP contribution in [-0.2, 0) is 32.1 Å². The predicted molar refractivity (Wildman–Crippen MR) is 166 cm³/mol. The molecule has 8 nitrogen and oxygen atoms in total. The summed E-state index contributed by atoms with van der Waals surface area (Å²) in [5.74, 6) is -0.0737. The number of carbonyl (C=O) groups is 3. The summed E-state index contributed by atoms with van der Waals surface area (Å²) < 4.78 is 5.54. The maximum absolute atomic E-state index is 13.6. The minimum Gasteiger partial charge on any atom is -0.459 e. The van der Waals surface area contributed by atoms with Gasteiger partial charge in [-0.05, 0) is 35.5 Å². The molecule has 10 heteroatoms. The SMILES string of the molecule is CCC(C)C(NCC(N)CS)C(=O)NC(Cc1ccccc1)C(=O)NC(CCSC)C(=O)OCc1ccccc1. The summed E-state index contributed by atoms with van der Waals surface area (Å²) in [6, 6.07) is 16.4. The predicted octanol–water partition coefficient (Wildman–Crippen LogP) is 2.96. The van der Waals surface area contributed by atoms with Crippen LogP contribution in [0.3, 0.4) is 0 Å². The van der Waals surface area contributed by atoms with Gasteiger partial charge in [-0.2, -0.15) is 24.4 Å². The number of amides is 2. The molecule has 0 aliphatic heterocycles. The molecule has 2 aromatic rings. The molecule has 2 rings (SSSR count). The molecule has 0 heterocycles. The third-order valence-corrected chi connectivity index (χ3v) is 7.79. The van der Waals surface area contributed by atoms with Gasteiger partial charge in [0.15, 0.2) is 0 Å². The van der Waals surface area contributed by atoms with Crippen LogP contribution in [0.4, 0.5) is 0 Å². The molecule has 0 spiro atoms. The number of esters is 1. The molecule has 0 aliphatic carbocycles. The van der Waals surface area contributed by atoms with E-state index in [4.69, 9.17) is 10.5 Å². The van der Waals surface area contributed by atoms with Crippen LogP contribution >= 0.6 is 24.4 Å². The number of thioether (sulfide) groups is 1. The number of nitrogens with one attached hydrogen (secondary N) is 3. The summed E-state index contributed by atoms with van der Waals surface area (Å²) in [5.41, 5.74) is 7.77. The summed E-state index contributed by atoms with van der Waals surface area (Å²) in [6.07, 6.45) is 3.39. The fourth-order valence-electron chi connectivity index (χ4n) is 4.04. The molecule has 0 radical (unpaired) electrons. The highest BCUT2D eigenvalue weighted by molar-refractivity contribution is 7.98. The first kappa shape index (κ1) is 33.7. The summed E-state index contributed by atoms with van der Waals surface area (Å²) in [4.78, 5) is 40.1. The number of thiol groups is 1. The number of hydrogen-bond acceptors (Lipinski definition) is 8. The molecule has 0 saturated carbocycles. The second-order valence-electron chi connectivity index (χ2n) is 9.90. The van der Waals surface area contributed by atoms with Crippen molar-refractivity contribution < 1.29 is 19.1 Å². The van der Waals surface area contributed by atoms with Crippen molar-refractivity contribution in [1.29, 1.82) is 0 Å². The molecule has 5 atom stereocenters. The molecule has 0 aliphatic rings. The lowest BCUT2D eigenvalue weighted by Gasteiger charge is -2.28. The Balaban J connectivity index is 2.20. The second-order valence-corrected chi connectivity index (χ2v) is 11.3. The van der Waals surface area contributed by atoms with Crippen molar-refractivity contribution >= 4 is 42.2 Å². The third-order valence-electron chi connectivity index (χ3n) is 6.68. The van der Waals surface area contributed by atoms with Gasteiger partial charge < -0.3 is 26.4 Å². The molecule has 5 N–H and O–H groups in total. The smallest absolute Gasteiger partial charge is 0.329 e. The number of hydrogen-bond donors (Lipinski definition) is 5. The molecule has 0 bridgehead atoms. The zero-order valence-corrected chi connectivity index (χ0v) is 25.4. The second kappa shape index (κ2) is 18.7. The number of benzene rings is 2. The van der Waals surface area contributed by atoms with Gasteiger partial charge in [-0.15, -0.1) is 0 Å². The molecule has 0 fully saturated rings. The quantitative estimate of drug-likeness (QED) is 0.134. The van der Waals surface area contributed by atoms with Crippen molar-refractivity contribution in [2.24, 2.45) is 11.7 Å². The van der Waals surface area contributed by atoms with Crippen molar-refractivity contribution in [1.82, 2.24) is 16.0 Å². The van der Waals surface area contributed by atoms with E-state index >= 15 is 0 Å². The number of carbonyl (C=O) groups excluding carboxylic acids is 3. The Morgan fingerprint density at radius 2 is 1.55 bits per heavy atom. The molecule has 0 saturated heterocycles. The molecule has 220 valence electrons. The van der Waals surface area contributed by atoms with Gasteiger partial charge in [-0.1, -0.05) is 80.9 Å². The van der Waals surface area contributed by atoms with E-state index in [0.29, 0.717) is 24.5 Å². The molecule has 2 aromatic carbocycles. The van der Waals surface area contributed by atoms with Gasteiger partial charge in [-0.25, -0.2) is 4.79 Å². The van der Waals surface area contributed by atoms with E-state index in [1.165, 1.54) is 0 Å². The van der Waals surface area contributed by atoms with Crippen LogP contribution < -0.4 is 21.7 Å². The van der Waals surface area contributed by atoms with E-state index in [0.717, 1.165) is 17.5 Å². The topological polar surface area (TPSA) is 123 Å². The molecule has 2 amide bonds. The average Bonchev–Trinajstić information content (AvgIpc) is 2.98. The van der Waals surface area contributed by atoms with E-state index in [1.54, 1.807) is 11.8 Å². The Kier molecular flexibility index (Phi) is 15.8. The van der Waals surface area contributed by atoms with E-state index in [9.17, 15) is 14.4 Å². The van der Waals surface area contributed by atoms with Gasteiger partial charge >= 0.3 is 5.97 Å². The summed E-state index contributed by atoms with van der Waals surface area (Å²) in [5, 5.41) is 9.07. The third kappa shape index (κ3) is 11.9. The Labute approximate surface area is 248 Å². The lowest BCUT2D eigenvalue weighted by molar-refractivity contribution is -0.149. The first-order valence-electron chi connectivity index (χ1n) is 13.7. The zero-order valence-electron chi connectivity index (χ0n) is 23.7.